The molecule has 2 nitrogen and oxygen atoms in total. The summed E-state index contributed by atoms with van der Waals surface area (Å²) in [5.74, 6) is 1.91. The molecule has 3 aliphatic rings. The van der Waals surface area contributed by atoms with Gasteiger partial charge in [-0.15, -0.1) is 0 Å². The largest absolute Gasteiger partial charge is 0.465 e. The Kier molecular flexibility index (Phi) is 5.92. The van der Waals surface area contributed by atoms with Gasteiger partial charge in [0.1, 0.15) is 0 Å². The number of fused-ring (bicyclic) bond motifs is 3. The molecule has 0 bridgehead atoms. The van der Waals surface area contributed by atoms with Gasteiger partial charge >= 0.3 is 5.97 Å². The standard InChI is InChI=1S/C26H42O2/c1-8-24(4,5)23(27)28-17-25(6)14-9-15-26(7)21-12-10-19(18(2)3)16-20(21)11-13-22(25)26/h11,16,18,21-22H,8-10,12-15,17H2,1-7H3. The molecule has 0 aromatic carbocycles. The van der Waals surface area contributed by atoms with Gasteiger partial charge in [-0.3, -0.25) is 4.79 Å². The number of hydrogen-bond acceptors (Lipinski definition) is 2. The zero-order valence-corrected chi connectivity index (χ0v) is 19.4. The van der Waals surface area contributed by atoms with E-state index in [0.29, 0.717) is 29.8 Å². The lowest BCUT2D eigenvalue weighted by molar-refractivity contribution is -0.164. The SMILES string of the molecule is CCC(C)(C)C(=O)OCC1(C)CCCC2(C)C3CCC(C(C)C)=CC3=CCC12. The summed E-state index contributed by atoms with van der Waals surface area (Å²) in [6, 6.07) is 0. The lowest BCUT2D eigenvalue weighted by Gasteiger charge is -2.58. The summed E-state index contributed by atoms with van der Waals surface area (Å²) in [7, 11) is 0. The molecular formula is C26H42O2. The van der Waals surface area contributed by atoms with Crippen LogP contribution in [0.5, 0.6) is 0 Å². The van der Waals surface area contributed by atoms with Crippen molar-refractivity contribution in [2.45, 2.75) is 93.4 Å². The Morgan fingerprint density at radius 1 is 1.29 bits per heavy atom. The van der Waals surface area contributed by atoms with Gasteiger partial charge in [-0.25, -0.2) is 0 Å². The molecule has 0 aromatic rings. The monoisotopic (exact) mass is 386 g/mol. The Labute approximate surface area is 173 Å². The van der Waals surface area contributed by atoms with E-state index in [-0.39, 0.29) is 16.8 Å². The van der Waals surface area contributed by atoms with Crippen molar-refractivity contribution in [3.8, 4) is 0 Å². The van der Waals surface area contributed by atoms with Crippen LogP contribution in [0.25, 0.3) is 0 Å². The smallest absolute Gasteiger partial charge is 0.311 e. The second kappa shape index (κ2) is 7.65. The first-order valence-electron chi connectivity index (χ1n) is 11.6. The van der Waals surface area contributed by atoms with E-state index in [9.17, 15) is 4.79 Å². The summed E-state index contributed by atoms with van der Waals surface area (Å²) < 4.78 is 5.95. The van der Waals surface area contributed by atoms with Crippen molar-refractivity contribution in [1.29, 1.82) is 0 Å². The van der Waals surface area contributed by atoms with Gasteiger partial charge in [-0.1, -0.05) is 58.8 Å². The van der Waals surface area contributed by atoms with E-state index in [4.69, 9.17) is 4.74 Å². The van der Waals surface area contributed by atoms with E-state index in [1.165, 1.54) is 32.1 Å². The molecule has 0 aromatic heterocycles. The van der Waals surface area contributed by atoms with Crippen molar-refractivity contribution in [3.05, 3.63) is 23.3 Å². The average Bonchev–Trinajstić information content (AvgIpc) is 2.65. The Bertz CT molecular complexity index is 668. The topological polar surface area (TPSA) is 26.3 Å². The minimum absolute atomic E-state index is 0.0299. The van der Waals surface area contributed by atoms with E-state index in [2.05, 4.69) is 46.8 Å². The highest BCUT2D eigenvalue weighted by Gasteiger charge is 2.54. The maximum absolute atomic E-state index is 12.6. The minimum Gasteiger partial charge on any atom is -0.465 e. The average molecular weight is 387 g/mol. The summed E-state index contributed by atoms with van der Waals surface area (Å²) in [4.78, 5) is 12.6. The van der Waals surface area contributed by atoms with Gasteiger partial charge in [0, 0.05) is 5.41 Å². The molecule has 1 saturated carbocycles. The second-order valence-corrected chi connectivity index (χ2v) is 11.3. The highest BCUT2D eigenvalue weighted by molar-refractivity contribution is 5.75. The number of carbonyl (C=O) groups is 1. The maximum atomic E-state index is 12.6. The van der Waals surface area contributed by atoms with Gasteiger partial charge < -0.3 is 4.74 Å². The van der Waals surface area contributed by atoms with Crippen LogP contribution in [0.4, 0.5) is 0 Å². The third-order valence-electron chi connectivity index (χ3n) is 8.67. The molecule has 0 amide bonds. The number of ether oxygens (including phenoxy) is 1. The zero-order valence-electron chi connectivity index (χ0n) is 19.4. The van der Waals surface area contributed by atoms with Gasteiger partial charge in [-0.2, -0.15) is 0 Å². The molecule has 28 heavy (non-hydrogen) atoms. The molecule has 3 aliphatic carbocycles. The quantitative estimate of drug-likeness (QED) is 0.471. The van der Waals surface area contributed by atoms with Crippen LogP contribution in [0.3, 0.4) is 0 Å². The minimum atomic E-state index is -0.380. The molecule has 4 unspecified atom stereocenters. The Hall–Kier alpha value is -1.05. The predicted molar refractivity (Wildman–Crippen MR) is 117 cm³/mol. The molecule has 0 aliphatic heterocycles. The van der Waals surface area contributed by atoms with Crippen LogP contribution in [0.2, 0.25) is 0 Å². The third kappa shape index (κ3) is 3.73. The summed E-state index contributed by atoms with van der Waals surface area (Å²) in [5.41, 5.74) is 3.27. The zero-order chi connectivity index (χ0) is 20.7. The Morgan fingerprint density at radius 2 is 2.00 bits per heavy atom. The van der Waals surface area contributed by atoms with Crippen LogP contribution in [0.1, 0.15) is 93.4 Å². The number of allylic oxidation sites excluding steroid dienone is 4. The molecule has 158 valence electrons. The molecule has 4 atom stereocenters. The molecule has 0 heterocycles. The van der Waals surface area contributed by atoms with Gasteiger partial charge in [0.15, 0.2) is 0 Å². The van der Waals surface area contributed by atoms with E-state index in [1.807, 2.05) is 13.8 Å². The first-order chi connectivity index (χ1) is 13.0. The van der Waals surface area contributed by atoms with Crippen molar-refractivity contribution >= 4 is 5.97 Å². The molecule has 0 spiro atoms. The lowest BCUT2D eigenvalue weighted by Crippen LogP contribution is -2.52. The molecule has 2 heteroatoms. The normalized spacial score (nSPS) is 35.6. The van der Waals surface area contributed by atoms with Gasteiger partial charge in [0.25, 0.3) is 0 Å². The van der Waals surface area contributed by atoms with Crippen LogP contribution >= 0.6 is 0 Å². The number of hydrogen-bond donors (Lipinski definition) is 0. The van der Waals surface area contributed by atoms with Gasteiger partial charge in [0.05, 0.1) is 12.0 Å². The van der Waals surface area contributed by atoms with Crippen LogP contribution in [-0.4, -0.2) is 12.6 Å². The van der Waals surface area contributed by atoms with E-state index in [1.54, 1.807) is 11.1 Å². The Balaban J connectivity index is 1.82. The first kappa shape index (κ1) is 21.7. The Morgan fingerprint density at radius 3 is 2.64 bits per heavy atom. The van der Waals surface area contributed by atoms with Crippen LogP contribution in [0, 0.1) is 34.0 Å². The summed E-state index contributed by atoms with van der Waals surface area (Å²) in [6.07, 6.45) is 13.3. The summed E-state index contributed by atoms with van der Waals surface area (Å²) in [5, 5.41) is 0. The molecule has 1 fully saturated rings. The fraction of sp³-hybridized carbons (Fsp3) is 0.808. The van der Waals surface area contributed by atoms with Crippen LogP contribution in [-0.2, 0) is 9.53 Å². The van der Waals surface area contributed by atoms with Crippen LogP contribution < -0.4 is 0 Å². The van der Waals surface area contributed by atoms with Crippen molar-refractivity contribution in [2.75, 3.05) is 6.61 Å². The van der Waals surface area contributed by atoms with E-state index in [0.717, 1.165) is 12.8 Å². The van der Waals surface area contributed by atoms with Crippen molar-refractivity contribution < 1.29 is 9.53 Å². The summed E-state index contributed by atoms with van der Waals surface area (Å²) >= 11 is 0. The number of carbonyl (C=O) groups excluding carboxylic acids is 1. The first-order valence-corrected chi connectivity index (χ1v) is 11.6. The van der Waals surface area contributed by atoms with E-state index >= 15 is 0 Å². The summed E-state index contributed by atoms with van der Waals surface area (Å²) in [6.45, 7) is 16.2. The van der Waals surface area contributed by atoms with Gasteiger partial charge in [-0.05, 0) is 81.1 Å². The predicted octanol–water partition coefficient (Wildman–Crippen LogP) is 7.10. The molecule has 3 rings (SSSR count). The fourth-order valence-corrected chi connectivity index (χ4v) is 6.22. The maximum Gasteiger partial charge on any atom is 0.311 e. The number of rotatable bonds is 5. The van der Waals surface area contributed by atoms with Crippen molar-refractivity contribution in [1.82, 2.24) is 0 Å². The van der Waals surface area contributed by atoms with Crippen molar-refractivity contribution in [3.63, 3.8) is 0 Å². The second-order valence-electron chi connectivity index (χ2n) is 11.3. The highest BCUT2D eigenvalue weighted by atomic mass is 16.5. The van der Waals surface area contributed by atoms with Gasteiger partial charge in [0.2, 0.25) is 0 Å². The molecule has 0 saturated heterocycles. The molecular weight excluding hydrogens is 344 g/mol. The molecule has 0 radical (unpaired) electrons. The highest BCUT2D eigenvalue weighted by Crippen LogP contribution is 2.62. The fourth-order valence-electron chi connectivity index (χ4n) is 6.22. The van der Waals surface area contributed by atoms with Crippen LogP contribution in [0.15, 0.2) is 23.3 Å². The third-order valence-corrected chi connectivity index (χ3v) is 8.67. The van der Waals surface area contributed by atoms with Crippen molar-refractivity contribution in [2.24, 2.45) is 34.0 Å². The lowest BCUT2D eigenvalue weighted by atomic mass is 9.47. The molecule has 0 N–H and O–H groups in total. The van der Waals surface area contributed by atoms with E-state index < -0.39 is 0 Å². The number of esters is 1.